The highest BCUT2D eigenvalue weighted by atomic mass is 16.8. The van der Waals surface area contributed by atoms with E-state index in [0.717, 1.165) is 37.7 Å². The van der Waals surface area contributed by atoms with Gasteiger partial charge >= 0.3 is 5.97 Å². The van der Waals surface area contributed by atoms with E-state index in [2.05, 4.69) is 13.5 Å². The smallest absolute Gasteiger partial charge is 0.309 e. The molecule has 2 bridgehead atoms. The molecular weight excluding hydrogens is 896 g/mol. The van der Waals surface area contributed by atoms with Crippen LogP contribution in [0.3, 0.4) is 0 Å². The van der Waals surface area contributed by atoms with Crippen molar-refractivity contribution in [2.24, 2.45) is 28.1 Å². The molecule has 0 aromatic heterocycles. The predicted octanol–water partition coefficient (Wildman–Crippen LogP) is -4.55. The van der Waals surface area contributed by atoms with E-state index < -0.39 is 166 Å². The minimum absolute atomic E-state index is 0.0169. The molecule has 26 atom stereocenters. The van der Waals surface area contributed by atoms with Crippen LogP contribution in [0, 0.1) is 28.1 Å². The normalized spacial score (nSPS) is 54.6. The number of carboxylic acids is 1. The van der Waals surface area contributed by atoms with Gasteiger partial charge in [0.25, 0.3) is 0 Å². The van der Waals surface area contributed by atoms with E-state index >= 15 is 0 Å². The molecule has 4 saturated carbocycles. The molecule has 0 radical (unpaired) electrons. The third-order valence-corrected chi connectivity index (χ3v) is 17.1. The summed E-state index contributed by atoms with van der Waals surface area (Å²) in [6.45, 7) is 5.18. The topological polar surface area (TPSA) is 374 Å². The Bertz CT molecular complexity index is 1750. The molecule has 0 unspecified atom stereocenters. The zero-order valence-electron chi connectivity index (χ0n) is 37.5. The van der Waals surface area contributed by atoms with Gasteiger partial charge in [0.05, 0.1) is 37.4 Å². The van der Waals surface area contributed by atoms with Gasteiger partial charge in [-0.25, -0.2) is 0 Å². The first-order valence-corrected chi connectivity index (χ1v) is 23.4. The Morgan fingerprint density at radius 1 is 0.567 bits per heavy atom. The molecule has 8 aliphatic rings. The minimum Gasteiger partial charge on any atom is -0.481 e. The highest BCUT2D eigenvalue weighted by Crippen LogP contribution is 2.73. The summed E-state index contributed by atoms with van der Waals surface area (Å²) in [6, 6.07) is 0. The molecule has 23 nitrogen and oxygen atoms in total. The van der Waals surface area contributed by atoms with Gasteiger partial charge < -0.3 is 109 Å². The summed E-state index contributed by atoms with van der Waals surface area (Å²) in [5.41, 5.74) is -1.37. The number of hydrogen-bond donors (Lipinski definition) is 14. The fourth-order valence-corrected chi connectivity index (χ4v) is 13.6. The van der Waals surface area contributed by atoms with Crippen LogP contribution in [-0.4, -0.2) is 232 Å². The van der Waals surface area contributed by atoms with Crippen molar-refractivity contribution >= 4 is 5.97 Å². The number of ether oxygens (including phenoxy) is 8. The summed E-state index contributed by atoms with van der Waals surface area (Å²) in [5, 5.41) is 149. The van der Waals surface area contributed by atoms with E-state index in [0.29, 0.717) is 25.7 Å². The number of carboxylic acid groups (broad SMARTS) is 1. The summed E-state index contributed by atoms with van der Waals surface area (Å²) in [5.74, 6) is -0.524. The molecule has 23 heteroatoms. The molecule has 4 aliphatic heterocycles. The molecule has 0 aromatic carbocycles. The maximum absolute atomic E-state index is 12.6. The van der Waals surface area contributed by atoms with Gasteiger partial charge in [-0.15, -0.1) is 0 Å². The number of carbonyl (C=O) groups is 1. The van der Waals surface area contributed by atoms with Gasteiger partial charge in [-0.1, -0.05) is 19.9 Å². The summed E-state index contributed by atoms with van der Waals surface area (Å²) in [7, 11) is 0. The lowest BCUT2D eigenvalue weighted by molar-refractivity contribution is -0.390. The number of aliphatic hydroxyl groups excluding tert-OH is 13. The van der Waals surface area contributed by atoms with Crippen molar-refractivity contribution < 1.29 is 114 Å². The SMILES string of the molecule is C=C1C[C@@]23CC[C@H]4[C@@](C)(CCC[C@@]4(C)C(=O)O)[C@@H]2CC[C@]1(O[C@@H]1O[C@H](CO)[C@@H](O[C@H]2O[C@H](CO)[C@@H](O[C@H]4O[C@H](CO)[C@@H](O[C@H]5O[C@H](CO)[C@@H](O)[C@H](O)[C@H]5O)[C@H](O)[C@H]4O)[C@H](O)[C@H]2O)[C@H](O)[C@H]1O)C3. The fourth-order valence-electron chi connectivity index (χ4n) is 13.6. The predicted molar refractivity (Wildman–Crippen MR) is 219 cm³/mol. The van der Waals surface area contributed by atoms with Gasteiger partial charge in [-0.2, -0.15) is 0 Å². The molecule has 384 valence electrons. The average molecular weight is 967 g/mol. The largest absolute Gasteiger partial charge is 0.481 e. The molecule has 4 aliphatic carbocycles. The van der Waals surface area contributed by atoms with E-state index in [1.165, 1.54) is 0 Å². The van der Waals surface area contributed by atoms with Crippen molar-refractivity contribution in [1.29, 1.82) is 0 Å². The Kier molecular flexibility index (Phi) is 15.0. The van der Waals surface area contributed by atoms with Crippen LogP contribution in [0.25, 0.3) is 0 Å². The number of rotatable bonds is 13. The van der Waals surface area contributed by atoms with E-state index in [1.54, 1.807) is 0 Å². The van der Waals surface area contributed by atoms with Crippen LogP contribution in [0.1, 0.15) is 71.6 Å². The van der Waals surface area contributed by atoms with Crippen molar-refractivity contribution in [3.05, 3.63) is 12.2 Å². The Balaban J connectivity index is 0.901. The number of fused-ring (bicyclic) bond motifs is 3. The van der Waals surface area contributed by atoms with Crippen molar-refractivity contribution in [3.63, 3.8) is 0 Å². The molecule has 1 spiro atoms. The molecular formula is C44H70O23. The minimum atomic E-state index is -2.04. The molecule has 67 heavy (non-hydrogen) atoms. The number of aliphatic carboxylic acids is 1. The van der Waals surface area contributed by atoms with Crippen LogP contribution in [-0.2, 0) is 42.7 Å². The van der Waals surface area contributed by atoms with Crippen molar-refractivity contribution in [2.45, 2.75) is 200 Å². The highest BCUT2D eigenvalue weighted by molar-refractivity contribution is 5.75. The van der Waals surface area contributed by atoms with Gasteiger partial charge in [0, 0.05) is 0 Å². The Labute approximate surface area is 386 Å². The molecule has 4 heterocycles. The van der Waals surface area contributed by atoms with Crippen molar-refractivity contribution in [1.82, 2.24) is 0 Å². The maximum atomic E-state index is 12.6. The molecule has 8 fully saturated rings. The lowest BCUT2D eigenvalue weighted by Gasteiger charge is -2.64. The molecule has 0 amide bonds. The van der Waals surface area contributed by atoms with Crippen molar-refractivity contribution in [3.8, 4) is 0 Å². The molecule has 14 N–H and O–H groups in total. The summed E-state index contributed by atoms with van der Waals surface area (Å²) in [6.07, 6.45) is -28.7. The fraction of sp³-hybridized carbons (Fsp3) is 0.932. The van der Waals surface area contributed by atoms with Crippen molar-refractivity contribution in [2.75, 3.05) is 26.4 Å². The first kappa shape index (κ1) is 51.7. The van der Waals surface area contributed by atoms with Gasteiger partial charge in [0.1, 0.15) is 97.7 Å². The molecule has 0 aromatic rings. The average Bonchev–Trinajstić information content (AvgIpc) is 3.50. The van der Waals surface area contributed by atoms with E-state index in [9.17, 15) is 76.3 Å². The highest BCUT2D eigenvalue weighted by Gasteiger charge is 2.69. The standard InChI is InChI=1S/C44H70O23/c1-17-11-43-9-5-22-41(2,7-4-8-42(22,3)40(58)59)23(43)6-10-44(17,16-43)67-39-32(57)28(53)35(21(15-48)63-39)66-38-31(56)27(52)34(20(14-47)62-38)65-37-30(55)26(51)33(19(13-46)61-37)64-36-29(54)25(50)24(49)18(12-45)60-36/h18-39,45-57H,1,4-16H2,2-3H3,(H,58,59)/t18-,19-,20-,21-,22+,23+,24-,25+,26-,27-,28-,29-,30-,31-,32-,33-,34-,35-,36-,37-,38-,39+,41-,42-,43-,44+/m1/s1. The lowest BCUT2D eigenvalue weighted by Crippen LogP contribution is -2.67. The van der Waals surface area contributed by atoms with Gasteiger partial charge in [-0.3, -0.25) is 4.79 Å². The van der Waals surface area contributed by atoms with Crippen LogP contribution in [0.5, 0.6) is 0 Å². The summed E-state index contributed by atoms with van der Waals surface area (Å²) < 4.78 is 46.6. The van der Waals surface area contributed by atoms with Crippen LogP contribution < -0.4 is 0 Å². The second-order valence-corrected chi connectivity index (χ2v) is 20.8. The van der Waals surface area contributed by atoms with Crippen LogP contribution in [0.4, 0.5) is 0 Å². The lowest BCUT2D eigenvalue weighted by atomic mass is 9.41. The number of aliphatic hydroxyl groups is 13. The van der Waals surface area contributed by atoms with E-state index in [4.69, 9.17) is 37.9 Å². The van der Waals surface area contributed by atoms with Crippen LogP contribution >= 0.6 is 0 Å². The first-order chi connectivity index (χ1) is 31.6. The van der Waals surface area contributed by atoms with Crippen LogP contribution in [0.2, 0.25) is 0 Å². The monoisotopic (exact) mass is 966 g/mol. The second-order valence-electron chi connectivity index (χ2n) is 20.8. The second kappa shape index (κ2) is 19.4. The maximum Gasteiger partial charge on any atom is 0.309 e. The molecule has 8 rings (SSSR count). The van der Waals surface area contributed by atoms with Gasteiger partial charge in [-0.05, 0) is 86.5 Å². The van der Waals surface area contributed by atoms with E-state index in [-0.39, 0.29) is 22.7 Å². The molecule has 4 saturated heterocycles. The van der Waals surface area contributed by atoms with Crippen LogP contribution in [0.15, 0.2) is 12.2 Å². The number of hydrogen-bond acceptors (Lipinski definition) is 22. The van der Waals surface area contributed by atoms with Gasteiger partial charge in [0.2, 0.25) is 0 Å². The zero-order chi connectivity index (χ0) is 48.7. The Morgan fingerprint density at radius 3 is 1.48 bits per heavy atom. The van der Waals surface area contributed by atoms with Gasteiger partial charge in [0.15, 0.2) is 25.2 Å². The summed E-state index contributed by atoms with van der Waals surface area (Å²) >= 11 is 0. The Morgan fingerprint density at radius 2 is 1.00 bits per heavy atom. The third kappa shape index (κ3) is 8.63. The quantitative estimate of drug-likeness (QED) is 0.0610. The van der Waals surface area contributed by atoms with E-state index in [1.807, 2.05) is 6.92 Å². The zero-order valence-corrected chi connectivity index (χ0v) is 37.5. The third-order valence-electron chi connectivity index (χ3n) is 17.1. The Hall–Kier alpha value is -1.63. The summed E-state index contributed by atoms with van der Waals surface area (Å²) in [4.78, 5) is 12.6. The first-order valence-electron chi connectivity index (χ1n) is 23.4.